The van der Waals surface area contributed by atoms with Gasteiger partial charge in [0.05, 0.1) is 22.9 Å². The summed E-state index contributed by atoms with van der Waals surface area (Å²) >= 11 is 0. The number of hydrogen-bond donors (Lipinski definition) is 1. The molecule has 0 bridgehead atoms. The standard InChI is InChI=1S/C17H18FNO4S/c1-2-23-16-6-4-3-5-15(16)19-17(20)11-12-24(21,22)14-9-7-13(18)8-10-14/h3-10H,2,11-12H2,1H3,(H,19,20). The largest absolute Gasteiger partial charge is 0.492 e. The Morgan fingerprint density at radius 1 is 1.12 bits per heavy atom. The van der Waals surface area contributed by atoms with Gasteiger partial charge in [-0.15, -0.1) is 0 Å². The zero-order chi connectivity index (χ0) is 17.6. The number of rotatable bonds is 7. The van der Waals surface area contributed by atoms with Gasteiger partial charge in [-0.05, 0) is 43.3 Å². The second-order valence-corrected chi connectivity index (χ2v) is 7.11. The van der Waals surface area contributed by atoms with Crippen molar-refractivity contribution in [2.24, 2.45) is 0 Å². The molecule has 0 radical (unpaired) electrons. The molecule has 7 heteroatoms. The van der Waals surface area contributed by atoms with Crippen LogP contribution in [-0.2, 0) is 14.6 Å². The molecule has 0 atom stereocenters. The molecule has 0 saturated heterocycles. The van der Waals surface area contributed by atoms with Crippen LogP contribution in [0.4, 0.5) is 10.1 Å². The molecule has 24 heavy (non-hydrogen) atoms. The van der Waals surface area contributed by atoms with Gasteiger partial charge in [-0.1, -0.05) is 12.1 Å². The minimum Gasteiger partial charge on any atom is -0.492 e. The highest BCUT2D eigenvalue weighted by atomic mass is 32.2. The summed E-state index contributed by atoms with van der Waals surface area (Å²) in [5, 5.41) is 2.64. The van der Waals surface area contributed by atoms with Crippen molar-refractivity contribution in [1.82, 2.24) is 0 Å². The molecule has 0 spiro atoms. The van der Waals surface area contributed by atoms with Crippen LogP contribution in [0.15, 0.2) is 53.4 Å². The molecule has 0 aliphatic rings. The van der Waals surface area contributed by atoms with Crippen LogP contribution < -0.4 is 10.1 Å². The van der Waals surface area contributed by atoms with E-state index in [9.17, 15) is 17.6 Å². The fourth-order valence-electron chi connectivity index (χ4n) is 2.05. The van der Waals surface area contributed by atoms with Crippen molar-refractivity contribution in [3.63, 3.8) is 0 Å². The summed E-state index contributed by atoms with van der Waals surface area (Å²) in [5.74, 6) is -0.789. The van der Waals surface area contributed by atoms with Gasteiger partial charge in [-0.3, -0.25) is 4.79 Å². The number of anilines is 1. The van der Waals surface area contributed by atoms with E-state index in [4.69, 9.17) is 4.74 Å². The van der Waals surface area contributed by atoms with Crippen molar-refractivity contribution in [3.05, 3.63) is 54.3 Å². The van der Waals surface area contributed by atoms with E-state index in [-0.39, 0.29) is 17.1 Å². The Morgan fingerprint density at radius 3 is 2.46 bits per heavy atom. The van der Waals surface area contributed by atoms with E-state index in [1.165, 1.54) is 12.1 Å². The molecule has 0 saturated carbocycles. The first-order chi connectivity index (χ1) is 11.4. The molecule has 2 rings (SSSR count). The third-order valence-corrected chi connectivity index (χ3v) is 4.96. The van der Waals surface area contributed by atoms with Gasteiger partial charge in [-0.2, -0.15) is 0 Å². The lowest BCUT2D eigenvalue weighted by Gasteiger charge is -2.11. The summed E-state index contributed by atoms with van der Waals surface area (Å²) in [5.41, 5.74) is 0.489. The Balaban J connectivity index is 1.99. The minimum atomic E-state index is -3.64. The monoisotopic (exact) mass is 351 g/mol. The third-order valence-electron chi connectivity index (χ3n) is 3.23. The highest BCUT2D eigenvalue weighted by molar-refractivity contribution is 7.91. The lowest BCUT2D eigenvalue weighted by Crippen LogP contribution is -2.18. The average Bonchev–Trinajstić information content (AvgIpc) is 2.56. The maximum atomic E-state index is 12.9. The van der Waals surface area contributed by atoms with Gasteiger partial charge in [-0.25, -0.2) is 12.8 Å². The number of halogens is 1. The summed E-state index contributed by atoms with van der Waals surface area (Å²) in [6, 6.07) is 11.4. The molecular formula is C17H18FNO4S. The first-order valence-corrected chi connectivity index (χ1v) is 9.07. The summed E-state index contributed by atoms with van der Waals surface area (Å²) in [4.78, 5) is 12.0. The van der Waals surface area contributed by atoms with Crippen LogP contribution in [0.5, 0.6) is 5.75 Å². The maximum absolute atomic E-state index is 12.9. The van der Waals surface area contributed by atoms with Crippen molar-refractivity contribution >= 4 is 21.4 Å². The lowest BCUT2D eigenvalue weighted by atomic mass is 10.3. The van der Waals surface area contributed by atoms with Crippen molar-refractivity contribution < 1.29 is 22.3 Å². The van der Waals surface area contributed by atoms with Crippen LogP contribution in [0.2, 0.25) is 0 Å². The van der Waals surface area contributed by atoms with Gasteiger partial charge in [0.15, 0.2) is 9.84 Å². The molecule has 128 valence electrons. The number of nitrogens with one attached hydrogen (secondary N) is 1. The molecule has 0 fully saturated rings. The lowest BCUT2D eigenvalue weighted by molar-refractivity contribution is -0.115. The molecule has 0 aliphatic heterocycles. The molecular weight excluding hydrogens is 333 g/mol. The van der Waals surface area contributed by atoms with E-state index in [0.717, 1.165) is 12.1 Å². The topological polar surface area (TPSA) is 72.5 Å². The smallest absolute Gasteiger partial charge is 0.225 e. The molecule has 2 aromatic rings. The highest BCUT2D eigenvalue weighted by Gasteiger charge is 2.17. The molecule has 0 aromatic heterocycles. The Labute approximate surface area is 140 Å². The van der Waals surface area contributed by atoms with Gasteiger partial charge >= 0.3 is 0 Å². The zero-order valence-corrected chi connectivity index (χ0v) is 14.0. The first kappa shape index (κ1) is 17.9. The number of hydrogen-bond acceptors (Lipinski definition) is 4. The van der Waals surface area contributed by atoms with Crippen molar-refractivity contribution in [3.8, 4) is 5.75 Å². The van der Waals surface area contributed by atoms with Crippen molar-refractivity contribution in [1.29, 1.82) is 0 Å². The van der Waals surface area contributed by atoms with Crippen LogP contribution in [0.3, 0.4) is 0 Å². The van der Waals surface area contributed by atoms with E-state index in [1.807, 2.05) is 6.92 Å². The first-order valence-electron chi connectivity index (χ1n) is 7.42. The number of benzene rings is 2. The van der Waals surface area contributed by atoms with Gasteiger partial charge in [0.1, 0.15) is 11.6 Å². The van der Waals surface area contributed by atoms with Crippen molar-refractivity contribution in [2.75, 3.05) is 17.7 Å². The maximum Gasteiger partial charge on any atom is 0.225 e. The highest BCUT2D eigenvalue weighted by Crippen LogP contribution is 2.24. The molecule has 2 aromatic carbocycles. The van der Waals surface area contributed by atoms with E-state index < -0.39 is 21.6 Å². The summed E-state index contributed by atoms with van der Waals surface area (Å²) in [6.45, 7) is 2.28. The molecule has 1 amide bonds. The number of carbonyl (C=O) groups excluding carboxylic acids is 1. The minimum absolute atomic E-state index is 0.00795. The number of carbonyl (C=O) groups is 1. The normalized spacial score (nSPS) is 11.1. The van der Waals surface area contributed by atoms with E-state index in [1.54, 1.807) is 24.3 Å². The predicted octanol–water partition coefficient (Wildman–Crippen LogP) is 3.03. The zero-order valence-electron chi connectivity index (χ0n) is 13.2. The van der Waals surface area contributed by atoms with Crippen molar-refractivity contribution in [2.45, 2.75) is 18.2 Å². The summed E-state index contributed by atoms with van der Waals surface area (Å²) in [7, 11) is -3.64. The quantitative estimate of drug-likeness (QED) is 0.778. The van der Waals surface area contributed by atoms with E-state index in [0.29, 0.717) is 18.0 Å². The summed E-state index contributed by atoms with van der Waals surface area (Å²) in [6.07, 6.45) is -0.208. The average molecular weight is 351 g/mol. The number of ether oxygens (including phenoxy) is 1. The van der Waals surface area contributed by atoms with Crippen LogP contribution in [0, 0.1) is 5.82 Å². The number of sulfone groups is 1. The Bertz CT molecular complexity index is 804. The van der Waals surface area contributed by atoms with E-state index >= 15 is 0 Å². The predicted molar refractivity (Wildman–Crippen MR) is 89.3 cm³/mol. The van der Waals surface area contributed by atoms with Crippen LogP contribution in [-0.4, -0.2) is 26.7 Å². The Hall–Kier alpha value is -2.41. The van der Waals surface area contributed by atoms with Crippen LogP contribution in [0.1, 0.15) is 13.3 Å². The molecule has 0 unspecified atom stereocenters. The SMILES string of the molecule is CCOc1ccccc1NC(=O)CCS(=O)(=O)c1ccc(F)cc1. The second kappa shape index (κ2) is 7.92. The summed E-state index contributed by atoms with van der Waals surface area (Å²) < 4.78 is 42.5. The van der Waals surface area contributed by atoms with Crippen LogP contribution >= 0.6 is 0 Å². The number of amides is 1. The van der Waals surface area contributed by atoms with Gasteiger partial charge in [0, 0.05) is 6.42 Å². The van der Waals surface area contributed by atoms with Gasteiger partial charge < -0.3 is 10.1 Å². The fraction of sp³-hybridized carbons (Fsp3) is 0.235. The van der Waals surface area contributed by atoms with Crippen LogP contribution in [0.25, 0.3) is 0 Å². The second-order valence-electron chi connectivity index (χ2n) is 5.00. The van der Waals surface area contributed by atoms with Gasteiger partial charge in [0.2, 0.25) is 5.91 Å². The molecule has 1 N–H and O–H groups in total. The fourth-order valence-corrected chi connectivity index (χ4v) is 3.29. The molecule has 0 heterocycles. The van der Waals surface area contributed by atoms with E-state index in [2.05, 4.69) is 5.32 Å². The molecule has 5 nitrogen and oxygen atoms in total. The van der Waals surface area contributed by atoms with Gasteiger partial charge in [0.25, 0.3) is 0 Å². The molecule has 0 aliphatic carbocycles. The Morgan fingerprint density at radius 2 is 1.79 bits per heavy atom. The third kappa shape index (κ3) is 4.79. The number of para-hydroxylation sites is 2. The Kier molecular flexibility index (Phi) is 5.92.